The lowest BCUT2D eigenvalue weighted by Crippen LogP contribution is -2.30. The molecule has 4 unspecified atom stereocenters. The summed E-state index contributed by atoms with van der Waals surface area (Å²) in [6, 6.07) is -0.688. The van der Waals surface area contributed by atoms with Crippen LogP contribution in [0.4, 0.5) is 13.2 Å². The van der Waals surface area contributed by atoms with Crippen LogP contribution in [-0.2, 0) is 15.7 Å². The maximum absolute atomic E-state index is 13.3. The Kier molecular flexibility index (Phi) is 4.99. The second-order valence-corrected chi connectivity index (χ2v) is 7.02. The van der Waals surface area contributed by atoms with Crippen molar-refractivity contribution in [2.75, 3.05) is 6.79 Å². The predicted octanol–water partition coefficient (Wildman–Crippen LogP) is 3.45. The summed E-state index contributed by atoms with van der Waals surface area (Å²) in [7, 11) is 0. The molecule has 0 bridgehead atoms. The van der Waals surface area contributed by atoms with Crippen LogP contribution < -0.4 is 10.6 Å². The van der Waals surface area contributed by atoms with Crippen LogP contribution in [0.5, 0.6) is 0 Å². The Balaban J connectivity index is 1.67. The van der Waals surface area contributed by atoms with Gasteiger partial charge in [0.05, 0.1) is 12.1 Å². The van der Waals surface area contributed by atoms with Crippen molar-refractivity contribution >= 4 is 0 Å². The van der Waals surface area contributed by atoms with Gasteiger partial charge in [-0.25, -0.2) is 0 Å². The van der Waals surface area contributed by atoms with Gasteiger partial charge in [0.25, 0.3) is 0 Å². The Morgan fingerprint density at radius 3 is 2.83 bits per heavy atom. The molecule has 0 amide bonds. The summed E-state index contributed by atoms with van der Waals surface area (Å²) in [4.78, 5) is 0. The molecular formula is C20H21F3N4O2. The summed E-state index contributed by atoms with van der Waals surface area (Å²) < 4.78 is 50.8. The SMILES string of the molecule is C=CC1NC=CC1C1=CNC(c2c[nH]nc2C(F)(F)F)C=C1CC1OCOC1=C. The van der Waals surface area contributed by atoms with Gasteiger partial charge in [-0.05, 0) is 17.3 Å². The number of aromatic amines is 1. The van der Waals surface area contributed by atoms with Gasteiger partial charge in [0.15, 0.2) is 12.5 Å². The smallest absolute Gasteiger partial charge is 0.435 e. The van der Waals surface area contributed by atoms with Crippen LogP contribution in [0, 0.1) is 5.92 Å². The molecule has 1 saturated heterocycles. The van der Waals surface area contributed by atoms with Crippen LogP contribution in [0.25, 0.3) is 0 Å². The molecule has 29 heavy (non-hydrogen) atoms. The number of nitrogens with one attached hydrogen (secondary N) is 3. The molecule has 4 heterocycles. The van der Waals surface area contributed by atoms with E-state index in [0.717, 1.165) is 11.1 Å². The van der Waals surface area contributed by atoms with E-state index in [1.54, 1.807) is 18.4 Å². The van der Waals surface area contributed by atoms with Gasteiger partial charge in [-0.3, -0.25) is 5.10 Å². The lowest BCUT2D eigenvalue weighted by Gasteiger charge is -2.29. The number of halogens is 3. The first kappa shape index (κ1) is 19.4. The first-order valence-corrected chi connectivity index (χ1v) is 9.15. The van der Waals surface area contributed by atoms with Crippen LogP contribution in [0.2, 0.25) is 0 Å². The number of nitrogens with zero attached hydrogens (tertiary/aromatic N) is 1. The first-order valence-electron chi connectivity index (χ1n) is 9.15. The van der Waals surface area contributed by atoms with Crippen molar-refractivity contribution in [3.63, 3.8) is 0 Å². The molecule has 3 N–H and O–H groups in total. The molecular weight excluding hydrogens is 385 g/mol. The predicted molar refractivity (Wildman–Crippen MR) is 100.0 cm³/mol. The molecule has 1 fully saturated rings. The van der Waals surface area contributed by atoms with E-state index >= 15 is 0 Å². The largest absolute Gasteiger partial charge is 0.470 e. The maximum atomic E-state index is 13.3. The highest BCUT2D eigenvalue weighted by Gasteiger charge is 2.39. The standard InChI is InChI=1S/C20H21F3N4O2/c1-3-16-13(4-5-24-16)14-8-25-17(15-9-26-27-19(15)20(21,22)23)6-12(14)7-18-11(2)28-10-29-18/h3-6,8-9,13,16-18,24-25H,1-2,7,10H2,(H,26,27). The minimum absolute atomic E-state index is 0.00535. The summed E-state index contributed by atoms with van der Waals surface area (Å²) in [5.74, 6) is 0.509. The fourth-order valence-electron chi connectivity index (χ4n) is 3.81. The Labute approximate surface area is 165 Å². The van der Waals surface area contributed by atoms with Crippen molar-refractivity contribution < 1.29 is 22.6 Å². The fraction of sp³-hybridized carbons (Fsp3) is 0.350. The number of aromatic nitrogens is 2. The topological polar surface area (TPSA) is 71.2 Å². The Morgan fingerprint density at radius 2 is 2.14 bits per heavy atom. The molecule has 0 saturated carbocycles. The zero-order valence-corrected chi connectivity index (χ0v) is 15.5. The van der Waals surface area contributed by atoms with E-state index in [0.29, 0.717) is 12.2 Å². The first-order chi connectivity index (χ1) is 13.9. The maximum Gasteiger partial charge on any atom is 0.435 e. The van der Waals surface area contributed by atoms with Crippen molar-refractivity contribution in [1.82, 2.24) is 20.8 Å². The van der Waals surface area contributed by atoms with Gasteiger partial charge in [-0.15, -0.1) is 6.58 Å². The highest BCUT2D eigenvalue weighted by molar-refractivity contribution is 5.45. The van der Waals surface area contributed by atoms with Crippen molar-refractivity contribution in [3.8, 4) is 0 Å². The van der Waals surface area contributed by atoms with E-state index in [2.05, 4.69) is 34.0 Å². The number of alkyl halides is 3. The highest BCUT2D eigenvalue weighted by Crippen LogP contribution is 2.39. The molecule has 4 atom stereocenters. The van der Waals surface area contributed by atoms with E-state index in [9.17, 15) is 13.2 Å². The zero-order chi connectivity index (χ0) is 20.6. The highest BCUT2D eigenvalue weighted by atomic mass is 19.4. The summed E-state index contributed by atoms with van der Waals surface area (Å²) >= 11 is 0. The lowest BCUT2D eigenvalue weighted by atomic mass is 9.83. The molecule has 0 spiro atoms. The molecule has 3 aliphatic rings. The monoisotopic (exact) mass is 406 g/mol. The van der Waals surface area contributed by atoms with Crippen molar-refractivity contribution in [2.45, 2.75) is 30.8 Å². The molecule has 1 aromatic rings. The van der Waals surface area contributed by atoms with Crippen LogP contribution in [0.1, 0.15) is 23.7 Å². The third-order valence-corrected chi connectivity index (χ3v) is 5.30. The summed E-state index contributed by atoms with van der Waals surface area (Å²) in [6.45, 7) is 7.83. The number of dihydropyridines is 1. The van der Waals surface area contributed by atoms with Gasteiger partial charge < -0.3 is 20.1 Å². The Bertz CT molecular complexity index is 900. The molecule has 4 rings (SSSR count). The number of hydrogen-bond donors (Lipinski definition) is 3. The molecule has 0 aromatic carbocycles. The summed E-state index contributed by atoms with van der Waals surface area (Å²) in [5, 5.41) is 12.0. The van der Waals surface area contributed by atoms with Crippen LogP contribution in [0.3, 0.4) is 0 Å². The van der Waals surface area contributed by atoms with Gasteiger partial charge in [0.2, 0.25) is 0 Å². The number of ether oxygens (including phenoxy) is 2. The average molecular weight is 406 g/mol. The molecule has 6 nitrogen and oxygen atoms in total. The molecule has 3 aliphatic heterocycles. The second-order valence-electron chi connectivity index (χ2n) is 7.02. The lowest BCUT2D eigenvalue weighted by molar-refractivity contribution is -0.141. The minimum atomic E-state index is -4.54. The average Bonchev–Trinajstić information content (AvgIpc) is 3.42. The Hall–Kier alpha value is -2.94. The summed E-state index contributed by atoms with van der Waals surface area (Å²) in [5.41, 5.74) is 0.921. The minimum Gasteiger partial charge on any atom is -0.470 e. The van der Waals surface area contributed by atoms with Gasteiger partial charge in [0.1, 0.15) is 11.9 Å². The fourth-order valence-corrected chi connectivity index (χ4v) is 3.81. The molecule has 0 aliphatic carbocycles. The van der Waals surface area contributed by atoms with Gasteiger partial charge in [-0.2, -0.15) is 18.3 Å². The quantitative estimate of drug-likeness (QED) is 0.654. The van der Waals surface area contributed by atoms with E-state index in [1.807, 2.05) is 12.3 Å². The number of rotatable bonds is 5. The van der Waals surface area contributed by atoms with Crippen molar-refractivity contribution in [1.29, 1.82) is 0 Å². The summed E-state index contributed by atoms with van der Waals surface area (Å²) in [6.07, 6.45) is 6.04. The van der Waals surface area contributed by atoms with E-state index in [1.165, 1.54) is 6.20 Å². The van der Waals surface area contributed by atoms with Crippen molar-refractivity contribution in [3.05, 3.63) is 78.1 Å². The van der Waals surface area contributed by atoms with Gasteiger partial charge in [0, 0.05) is 30.3 Å². The molecule has 1 aromatic heterocycles. The van der Waals surface area contributed by atoms with E-state index < -0.39 is 17.9 Å². The van der Waals surface area contributed by atoms with Gasteiger partial charge in [-0.1, -0.05) is 24.8 Å². The Morgan fingerprint density at radius 1 is 1.31 bits per heavy atom. The normalized spacial score (nSPS) is 29.0. The van der Waals surface area contributed by atoms with Crippen LogP contribution in [0.15, 0.2) is 66.9 Å². The zero-order valence-electron chi connectivity index (χ0n) is 15.5. The molecule has 9 heteroatoms. The molecule has 0 radical (unpaired) electrons. The van der Waals surface area contributed by atoms with Gasteiger partial charge >= 0.3 is 6.18 Å². The third-order valence-electron chi connectivity index (χ3n) is 5.30. The third kappa shape index (κ3) is 3.69. The van der Waals surface area contributed by atoms with Crippen LogP contribution >= 0.6 is 0 Å². The van der Waals surface area contributed by atoms with Crippen LogP contribution in [-0.4, -0.2) is 29.1 Å². The number of hydrogen-bond acceptors (Lipinski definition) is 5. The van der Waals surface area contributed by atoms with Crippen molar-refractivity contribution in [2.24, 2.45) is 5.92 Å². The number of H-pyrrole nitrogens is 1. The van der Waals surface area contributed by atoms with E-state index in [4.69, 9.17) is 9.47 Å². The second kappa shape index (κ2) is 7.47. The molecule has 154 valence electrons. The van der Waals surface area contributed by atoms with E-state index in [-0.39, 0.29) is 30.4 Å².